The van der Waals surface area contributed by atoms with Crippen molar-refractivity contribution in [2.75, 3.05) is 7.11 Å². The molecule has 0 aliphatic carbocycles. The van der Waals surface area contributed by atoms with Crippen LogP contribution in [0, 0.1) is 6.92 Å². The number of amides is 1. The van der Waals surface area contributed by atoms with Crippen molar-refractivity contribution in [3.63, 3.8) is 0 Å². The molecule has 6 nitrogen and oxygen atoms in total. The van der Waals surface area contributed by atoms with Crippen molar-refractivity contribution in [3.8, 4) is 0 Å². The summed E-state index contributed by atoms with van der Waals surface area (Å²) in [6.45, 7) is 1.81. The van der Waals surface area contributed by atoms with Gasteiger partial charge in [-0.2, -0.15) is 0 Å². The van der Waals surface area contributed by atoms with Gasteiger partial charge in [0.2, 0.25) is 0 Å². The van der Waals surface area contributed by atoms with Crippen molar-refractivity contribution in [2.45, 2.75) is 19.4 Å². The minimum Gasteiger partial charge on any atom is -0.480 e. The van der Waals surface area contributed by atoms with Gasteiger partial charge >= 0.3 is 11.9 Å². The van der Waals surface area contributed by atoms with Gasteiger partial charge in [-0.05, 0) is 24.6 Å². The highest BCUT2D eigenvalue weighted by Gasteiger charge is 2.25. The standard InChI is InChI=1S/C13H14ClNO5/c1-7-3-4-8(9(14)5-7)12(17)15-10(13(18)19)6-11(16)20-2/h3-5,10H,6H2,1-2H3,(H,15,17)(H,18,19)/t10-/m0/s1. The summed E-state index contributed by atoms with van der Waals surface area (Å²) in [6.07, 6.45) is -0.457. The zero-order valence-electron chi connectivity index (χ0n) is 11.0. The lowest BCUT2D eigenvalue weighted by Gasteiger charge is -2.14. The minimum absolute atomic E-state index is 0.147. The van der Waals surface area contributed by atoms with Gasteiger partial charge in [-0.15, -0.1) is 0 Å². The van der Waals surface area contributed by atoms with Crippen molar-refractivity contribution >= 4 is 29.4 Å². The number of halogens is 1. The van der Waals surface area contributed by atoms with Crippen LogP contribution in [0.15, 0.2) is 18.2 Å². The summed E-state index contributed by atoms with van der Waals surface area (Å²) < 4.78 is 4.38. The van der Waals surface area contributed by atoms with Crippen LogP contribution in [0.4, 0.5) is 0 Å². The molecule has 20 heavy (non-hydrogen) atoms. The van der Waals surface area contributed by atoms with Gasteiger partial charge in [-0.3, -0.25) is 9.59 Å². The second-order valence-corrected chi connectivity index (χ2v) is 4.54. The van der Waals surface area contributed by atoms with E-state index in [9.17, 15) is 14.4 Å². The summed E-state index contributed by atoms with van der Waals surface area (Å²) in [6, 6.07) is 3.39. The molecular formula is C13H14ClNO5. The number of ether oxygens (including phenoxy) is 1. The van der Waals surface area contributed by atoms with E-state index in [1.807, 2.05) is 6.92 Å². The number of carboxylic acids is 1. The Morgan fingerprint density at radius 3 is 2.55 bits per heavy atom. The maximum Gasteiger partial charge on any atom is 0.326 e. The number of carboxylic acid groups (broad SMARTS) is 1. The third kappa shape index (κ3) is 4.24. The highest BCUT2D eigenvalue weighted by atomic mass is 35.5. The molecule has 1 atom stereocenters. The lowest BCUT2D eigenvalue weighted by Crippen LogP contribution is -2.42. The molecule has 7 heteroatoms. The summed E-state index contributed by atoms with van der Waals surface area (Å²) in [5.41, 5.74) is 1.02. The number of hydrogen-bond donors (Lipinski definition) is 2. The van der Waals surface area contributed by atoms with Crippen LogP contribution in [0.3, 0.4) is 0 Å². The number of hydrogen-bond acceptors (Lipinski definition) is 4. The van der Waals surface area contributed by atoms with Crippen LogP contribution in [0.2, 0.25) is 5.02 Å². The van der Waals surface area contributed by atoms with E-state index in [-0.39, 0.29) is 10.6 Å². The fourth-order valence-corrected chi connectivity index (χ4v) is 1.81. The minimum atomic E-state index is -1.37. The molecule has 0 heterocycles. The second-order valence-electron chi connectivity index (χ2n) is 4.13. The van der Waals surface area contributed by atoms with E-state index in [4.69, 9.17) is 16.7 Å². The Labute approximate surface area is 120 Å². The topological polar surface area (TPSA) is 92.7 Å². The number of carbonyl (C=O) groups is 3. The molecule has 1 rings (SSSR count). The molecule has 108 valence electrons. The quantitative estimate of drug-likeness (QED) is 0.802. The third-order valence-corrected chi connectivity index (χ3v) is 2.88. The van der Waals surface area contributed by atoms with Gasteiger partial charge in [0.05, 0.1) is 24.1 Å². The first-order chi connectivity index (χ1) is 9.35. The number of benzene rings is 1. The fourth-order valence-electron chi connectivity index (χ4n) is 1.49. The Morgan fingerprint density at radius 1 is 1.40 bits per heavy atom. The van der Waals surface area contributed by atoms with E-state index in [0.29, 0.717) is 0 Å². The second kappa shape index (κ2) is 6.91. The Kier molecular flexibility index (Phi) is 5.52. The first-order valence-corrected chi connectivity index (χ1v) is 6.09. The fraction of sp³-hybridized carbons (Fsp3) is 0.308. The van der Waals surface area contributed by atoms with Crippen LogP contribution in [0.1, 0.15) is 22.3 Å². The summed E-state index contributed by atoms with van der Waals surface area (Å²) in [4.78, 5) is 34.0. The predicted octanol–water partition coefficient (Wildman–Crippen LogP) is 1.39. The maximum atomic E-state index is 12.0. The van der Waals surface area contributed by atoms with Gasteiger partial charge < -0.3 is 15.2 Å². The van der Waals surface area contributed by atoms with Gasteiger partial charge in [0.1, 0.15) is 6.04 Å². The molecular weight excluding hydrogens is 286 g/mol. The summed E-state index contributed by atoms with van der Waals surface area (Å²) >= 11 is 5.92. The van der Waals surface area contributed by atoms with E-state index < -0.39 is 30.3 Å². The largest absolute Gasteiger partial charge is 0.480 e. The molecule has 0 aliphatic rings. The molecule has 0 bridgehead atoms. The number of rotatable bonds is 5. The Bertz CT molecular complexity index is 544. The molecule has 0 fully saturated rings. The monoisotopic (exact) mass is 299 g/mol. The molecule has 1 amide bonds. The van der Waals surface area contributed by atoms with Gasteiger partial charge in [0.25, 0.3) is 5.91 Å². The maximum absolute atomic E-state index is 12.0. The van der Waals surface area contributed by atoms with Crippen LogP contribution < -0.4 is 5.32 Å². The Hall–Kier alpha value is -2.08. The average molecular weight is 300 g/mol. The highest BCUT2D eigenvalue weighted by molar-refractivity contribution is 6.34. The predicted molar refractivity (Wildman–Crippen MR) is 71.7 cm³/mol. The van der Waals surface area contributed by atoms with Crippen molar-refractivity contribution in [1.29, 1.82) is 0 Å². The smallest absolute Gasteiger partial charge is 0.326 e. The van der Waals surface area contributed by atoms with E-state index in [1.54, 1.807) is 12.1 Å². The lowest BCUT2D eigenvalue weighted by atomic mass is 10.1. The van der Waals surface area contributed by atoms with Gasteiger partial charge in [-0.1, -0.05) is 17.7 Å². The van der Waals surface area contributed by atoms with Gasteiger partial charge in [0, 0.05) is 0 Å². The van der Waals surface area contributed by atoms with Crippen molar-refractivity contribution in [2.24, 2.45) is 0 Å². The number of aryl methyl sites for hydroxylation is 1. The SMILES string of the molecule is COC(=O)C[C@H](NC(=O)c1ccc(C)cc1Cl)C(=O)O. The zero-order chi connectivity index (χ0) is 15.3. The van der Waals surface area contributed by atoms with E-state index in [1.165, 1.54) is 6.07 Å². The molecule has 0 spiro atoms. The zero-order valence-corrected chi connectivity index (χ0v) is 11.7. The van der Waals surface area contributed by atoms with Crippen LogP contribution in [0.25, 0.3) is 0 Å². The summed E-state index contributed by atoms with van der Waals surface area (Å²) in [5.74, 6) is -2.72. The van der Waals surface area contributed by atoms with Crippen molar-refractivity contribution in [3.05, 3.63) is 34.3 Å². The van der Waals surface area contributed by atoms with Gasteiger partial charge in [0.15, 0.2) is 0 Å². The molecule has 1 aromatic carbocycles. The number of nitrogens with one attached hydrogen (secondary N) is 1. The van der Waals surface area contributed by atoms with Crippen LogP contribution in [0.5, 0.6) is 0 Å². The van der Waals surface area contributed by atoms with Gasteiger partial charge in [-0.25, -0.2) is 4.79 Å². The Morgan fingerprint density at radius 2 is 2.05 bits per heavy atom. The number of esters is 1. The highest BCUT2D eigenvalue weighted by Crippen LogP contribution is 2.17. The Balaban J connectivity index is 2.85. The normalized spacial score (nSPS) is 11.6. The summed E-state index contributed by atoms with van der Waals surface area (Å²) in [7, 11) is 1.14. The molecule has 1 aromatic rings. The van der Waals surface area contributed by atoms with Crippen LogP contribution in [-0.2, 0) is 14.3 Å². The molecule has 0 saturated heterocycles. The molecule has 0 saturated carbocycles. The van der Waals surface area contributed by atoms with E-state index >= 15 is 0 Å². The molecule has 2 N–H and O–H groups in total. The van der Waals surface area contributed by atoms with Crippen molar-refractivity contribution < 1.29 is 24.2 Å². The molecule has 0 unspecified atom stereocenters. The first-order valence-electron chi connectivity index (χ1n) is 5.71. The number of aliphatic carboxylic acids is 1. The third-order valence-electron chi connectivity index (χ3n) is 2.57. The molecule has 0 aromatic heterocycles. The van der Waals surface area contributed by atoms with E-state index in [2.05, 4.69) is 10.1 Å². The van der Waals surface area contributed by atoms with E-state index in [0.717, 1.165) is 12.7 Å². The average Bonchev–Trinajstić information content (AvgIpc) is 2.37. The molecule has 0 aliphatic heterocycles. The van der Waals surface area contributed by atoms with Crippen LogP contribution in [-0.4, -0.2) is 36.1 Å². The molecule has 0 radical (unpaired) electrons. The summed E-state index contributed by atoms with van der Waals surface area (Å²) in [5, 5.41) is 11.4. The lowest BCUT2D eigenvalue weighted by molar-refractivity contribution is -0.147. The first kappa shape index (κ1) is 16.0. The van der Waals surface area contributed by atoms with Crippen molar-refractivity contribution in [1.82, 2.24) is 5.32 Å². The van der Waals surface area contributed by atoms with Crippen LogP contribution >= 0.6 is 11.6 Å². The number of carbonyl (C=O) groups excluding carboxylic acids is 2. The number of methoxy groups -OCH3 is 1.